The van der Waals surface area contributed by atoms with Crippen molar-refractivity contribution in [3.8, 4) is 0 Å². The maximum atomic E-state index is 12.8. The van der Waals surface area contributed by atoms with Gasteiger partial charge in [0.15, 0.2) is 0 Å². The highest BCUT2D eigenvalue weighted by Crippen LogP contribution is 2.13. The molecule has 0 aliphatic carbocycles. The van der Waals surface area contributed by atoms with Crippen LogP contribution in [0.3, 0.4) is 0 Å². The maximum Gasteiger partial charge on any atom is 0.307 e. The van der Waals surface area contributed by atoms with Crippen molar-refractivity contribution in [1.82, 2.24) is 4.90 Å². The van der Waals surface area contributed by atoms with Gasteiger partial charge in [-0.3, -0.25) is 9.59 Å². The first-order valence-corrected chi connectivity index (χ1v) is 8.60. The van der Waals surface area contributed by atoms with Crippen LogP contribution >= 0.6 is 0 Å². The van der Waals surface area contributed by atoms with Gasteiger partial charge in [-0.15, -0.1) is 0 Å². The molecular formula is C19H29NO3. The van der Waals surface area contributed by atoms with Crippen LogP contribution in [0.5, 0.6) is 0 Å². The summed E-state index contributed by atoms with van der Waals surface area (Å²) in [5.41, 5.74) is 1.68. The highest BCUT2D eigenvalue weighted by atomic mass is 16.5. The number of hydrogen-bond donors (Lipinski definition) is 0. The third-order valence-electron chi connectivity index (χ3n) is 3.84. The summed E-state index contributed by atoms with van der Waals surface area (Å²) in [7, 11) is 0. The molecule has 0 aromatic heterocycles. The highest BCUT2D eigenvalue weighted by molar-refractivity contribution is 5.95. The van der Waals surface area contributed by atoms with Gasteiger partial charge in [0.05, 0.1) is 13.0 Å². The second kappa shape index (κ2) is 10.8. The van der Waals surface area contributed by atoms with Gasteiger partial charge in [-0.05, 0) is 31.9 Å². The van der Waals surface area contributed by atoms with E-state index in [9.17, 15) is 9.59 Å². The first kappa shape index (κ1) is 19.2. The average Bonchev–Trinajstić information content (AvgIpc) is 2.54. The van der Waals surface area contributed by atoms with E-state index in [0.717, 1.165) is 24.8 Å². The largest absolute Gasteiger partial charge is 0.466 e. The van der Waals surface area contributed by atoms with Gasteiger partial charge in [0.25, 0.3) is 5.91 Å². The van der Waals surface area contributed by atoms with E-state index in [1.54, 1.807) is 11.8 Å². The Hall–Kier alpha value is -1.84. The van der Waals surface area contributed by atoms with Crippen molar-refractivity contribution in [2.24, 2.45) is 0 Å². The molecule has 0 radical (unpaired) electrons. The van der Waals surface area contributed by atoms with Crippen LogP contribution in [-0.4, -0.2) is 36.5 Å². The maximum absolute atomic E-state index is 12.8. The Labute approximate surface area is 139 Å². The molecule has 0 heterocycles. The van der Waals surface area contributed by atoms with E-state index in [1.807, 2.05) is 31.2 Å². The number of carbonyl (C=O) groups is 2. The van der Waals surface area contributed by atoms with Crippen LogP contribution in [0, 0.1) is 6.92 Å². The molecule has 1 amide bonds. The number of esters is 1. The molecule has 0 atom stereocenters. The molecular weight excluding hydrogens is 290 g/mol. The lowest BCUT2D eigenvalue weighted by molar-refractivity contribution is -0.143. The summed E-state index contributed by atoms with van der Waals surface area (Å²) in [5.74, 6) is -0.243. The molecule has 0 bridgehead atoms. The van der Waals surface area contributed by atoms with E-state index in [0.29, 0.717) is 25.3 Å². The Balaban J connectivity index is 2.70. The normalized spacial score (nSPS) is 10.4. The predicted molar refractivity (Wildman–Crippen MR) is 92.5 cm³/mol. The van der Waals surface area contributed by atoms with E-state index >= 15 is 0 Å². The zero-order valence-electron chi connectivity index (χ0n) is 14.6. The van der Waals surface area contributed by atoms with Gasteiger partial charge >= 0.3 is 5.97 Å². The molecule has 0 saturated carbocycles. The number of benzene rings is 1. The van der Waals surface area contributed by atoms with Crippen LogP contribution in [0.4, 0.5) is 0 Å². The summed E-state index contributed by atoms with van der Waals surface area (Å²) in [6.07, 6.45) is 4.65. The molecule has 0 aliphatic heterocycles. The molecule has 1 aromatic carbocycles. The van der Waals surface area contributed by atoms with Crippen molar-refractivity contribution in [2.45, 2.75) is 52.9 Å². The van der Waals surface area contributed by atoms with Crippen molar-refractivity contribution < 1.29 is 14.3 Å². The fourth-order valence-corrected chi connectivity index (χ4v) is 2.49. The van der Waals surface area contributed by atoms with Crippen LogP contribution < -0.4 is 0 Å². The molecule has 0 aliphatic rings. The molecule has 1 rings (SSSR count). The lowest BCUT2D eigenvalue weighted by Gasteiger charge is -2.23. The number of ether oxygens (including phenoxy) is 1. The highest BCUT2D eigenvalue weighted by Gasteiger charge is 2.18. The minimum atomic E-state index is -0.247. The Kier molecular flexibility index (Phi) is 9.03. The molecule has 0 spiro atoms. The SMILES string of the molecule is CCCCCCN(CCC(=O)OCC)C(=O)c1ccccc1C. The minimum absolute atomic E-state index is 0.00361. The topological polar surface area (TPSA) is 46.6 Å². The minimum Gasteiger partial charge on any atom is -0.466 e. The number of carbonyl (C=O) groups excluding carboxylic acids is 2. The van der Waals surface area contributed by atoms with Crippen LogP contribution in [0.2, 0.25) is 0 Å². The second-order valence-electron chi connectivity index (χ2n) is 5.72. The van der Waals surface area contributed by atoms with Crippen LogP contribution in [0.1, 0.15) is 61.9 Å². The lowest BCUT2D eigenvalue weighted by atomic mass is 10.1. The Bertz CT molecular complexity index is 499. The smallest absolute Gasteiger partial charge is 0.307 e. The third kappa shape index (κ3) is 6.85. The van der Waals surface area contributed by atoms with Crippen LogP contribution in [0.15, 0.2) is 24.3 Å². The molecule has 0 N–H and O–H groups in total. The first-order valence-electron chi connectivity index (χ1n) is 8.60. The molecule has 4 heteroatoms. The fourth-order valence-electron chi connectivity index (χ4n) is 2.49. The van der Waals surface area contributed by atoms with E-state index in [2.05, 4.69) is 6.92 Å². The molecule has 128 valence electrons. The summed E-state index contributed by atoms with van der Waals surface area (Å²) >= 11 is 0. The van der Waals surface area contributed by atoms with Gasteiger partial charge in [0.1, 0.15) is 0 Å². The summed E-state index contributed by atoms with van der Waals surface area (Å²) in [6.45, 7) is 7.37. The standard InChI is InChI=1S/C19H29NO3/c1-4-6-7-10-14-20(15-13-18(21)23-5-2)19(22)17-12-9-8-11-16(17)3/h8-9,11-12H,4-7,10,13-15H2,1-3H3. The second-order valence-corrected chi connectivity index (χ2v) is 5.72. The van der Waals surface area contributed by atoms with Crippen LogP contribution in [-0.2, 0) is 9.53 Å². The quantitative estimate of drug-likeness (QED) is 0.484. The summed E-state index contributed by atoms with van der Waals surface area (Å²) in [5, 5.41) is 0. The fraction of sp³-hybridized carbons (Fsp3) is 0.579. The van der Waals surface area contributed by atoms with E-state index in [-0.39, 0.29) is 18.3 Å². The van der Waals surface area contributed by atoms with Gasteiger partial charge < -0.3 is 9.64 Å². The number of amides is 1. The Morgan fingerprint density at radius 3 is 2.43 bits per heavy atom. The van der Waals surface area contributed by atoms with Crippen molar-refractivity contribution in [1.29, 1.82) is 0 Å². The van der Waals surface area contributed by atoms with Crippen molar-refractivity contribution in [2.75, 3.05) is 19.7 Å². The zero-order valence-corrected chi connectivity index (χ0v) is 14.6. The van der Waals surface area contributed by atoms with Gasteiger partial charge in [0, 0.05) is 18.7 Å². The molecule has 1 aromatic rings. The number of aryl methyl sites for hydroxylation is 1. The third-order valence-corrected chi connectivity index (χ3v) is 3.84. The lowest BCUT2D eigenvalue weighted by Crippen LogP contribution is -2.34. The van der Waals surface area contributed by atoms with Gasteiger partial charge in [0.2, 0.25) is 0 Å². The zero-order chi connectivity index (χ0) is 17.1. The molecule has 0 saturated heterocycles. The Morgan fingerprint density at radius 2 is 1.78 bits per heavy atom. The van der Waals surface area contributed by atoms with E-state index in [1.165, 1.54) is 6.42 Å². The van der Waals surface area contributed by atoms with E-state index in [4.69, 9.17) is 4.74 Å². The number of rotatable bonds is 10. The van der Waals surface area contributed by atoms with Crippen molar-refractivity contribution in [3.63, 3.8) is 0 Å². The average molecular weight is 319 g/mol. The Morgan fingerprint density at radius 1 is 1.04 bits per heavy atom. The monoisotopic (exact) mass is 319 g/mol. The summed E-state index contributed by atoms with van der Waals surface area (Å²) in [6, 6.07) is 7.59. The van der Waals surface area contributed by atoms with Crippen LogP contribution in [0.25, 0.3) is 0 Å². The summed E-state index contributed by atoms with van der Waals surface area (Å²) in [4.78, 5) is 26.1. The van der Waals surface area contributed by atoms with Gasteiger partial charge in [-0.25, -0.2) is 0 Å². The molecule has 4 nitrogen and oxygen atoms in total. The first-order chi connectivity index (χ1) is 11.1. The molecule has 0 fully saturated rings. The molecule has 0 unspecified atom stereocenters. The van der Waals surface area contributed by atoms with Gasteiger partial charge in [-0.2, -0.15) is 0 Å². The number of unbranched alkanes of at least 4 members (excludes halogenated alkanes) is 3. The summed E-state index contributed by atoms with van der Waals surface area (Å²) < 4.78 is 4.97. The predicted octanol–water partition coefficient (Wildman–Crippen LogP) is 3.97. The van der Waals surface area contributed by atoms with Gasteiger partial charge in [-0.1, -0.05) is 44.4 Å². The van der Waals surface area contributed by atoms with Crippen molar-refractivity contribution in [3.05, 3.63) is 35.4 Å². The number of nitrogens with zero attached hydrogens (tertiary/aromatic N) is 1. The number of hydrogen-bond acceptors (Lipinski definition) is 3. The van der Waals surface area contributed by atoms with E-state index < -0.39 is 0 Å². The van der Waals surface area contributed by atoms with Crippen molar-refractivity contribution >= 4 is 11.9 Å². The molecule has 23 heavy (non-hydrogen) atoms.